The topological polar surface area (TPSA) is 573 Å². The third-order valence-corrected chi connectivity index (χ3v) is 17.1. The lowest BCUT2D eigenvalue weighted by Crippen LogP contribution is -2.66. The van der Waals surface area contributed by atoms with Crippen LogP contribution in [-0.2, 0) is 167 Å². The summed E-state index contributed by atoms with van der Waals surface area (Å²) in [5.41, 5.74) is 0. The Hall–Kier alpha value is -9.41. The van der Waals surface area contributed by atoms with Crippen LogP contribution in [0.4, 0.5) is 0 Å². The van der Waals surface area contributed by atoms with Crippen molar-refractivity contribution in [1.82, 2.24) is 42.5 Å². The molecule has 0 bridgehead atoms. The molecule has 0 aromatic rings. The van der Waals surface area contributed by atoms with Gasteiger partial charge in [-0.3, -0.25) is 81.5 Å². The Morgan fingerprint density at radius 3 is 0.948 bits per heavy atom. The van der Waals surface area contributed by atoms with Gasteiger partial charge in [0.15, 0.2) is 55.5 Å². The normalized spacial score (nSPS) is 25.5. The summed E-state index contributed by atoms with van der Waals surface area (Å²) in [5.74, 6) is -13.0. The SMILES string of the molecule is CC(=O)N[C@H]1[C@H](OCCOCCNC(=O)CC[C@H](NC(=O)CC[C@H](NC(=O)C2CCC(O)CC2)C(=O)NCCOCCO[C@@H]2O[C@H](COC(C)=O)[C@H](OC(C)=O)[C@H](OC(C)=O)[C@H]2NC(C)=O)C(=O)NCCOCCO[C@@H]2O[C@H](COC(C)=O)[C@H](OC(C)=O)[C@H](OC(C)=O)[C@H]2NC(C)=O)O[C@H](COC(C)=O)[C@H](OC(C)=O)[C@@H]1OC(C)=O. The van der Waals surface area contributed by atoms with Crippen LogP contribution in [0.25, 0.3) is 0 Å². The van der Waals surface area contributed by atoms with E-state index >= 15 is 0 Å². The second-order valence-electron chi connectivity index (χ2n) is 26.8. The number of hydrogen-bond donors (Lipinski definition) is 9. The third kappa shape index (κ3) is 37.4. The molecule has 3 saturated heterocycles. The van der Waals surface area contributed by atoms with E-state index in [0.29, 0.717) is 25.7 Å². The maximum atomic E-state index is 14.0. The van der Waals surface area contributed by atoms with Crippen LogP contribution in [-0.4, -0.2) is 315 Å². The monoisotopic (exact) mass is 1650 g/mol. The maximum Gasteiger partial charge on any atom is 0.303 e. The predicted octanol–water partition coefficient (Wildman–Crippen LogP) is -4.52. The number of carbonyl (C=O) groups excluding carboxylic acids is 17. The summed E-state index contributed by atoms with van der Waals surface area (Å²) < 4.78 is 101. The van der Waals surface area contributed by atoms with Crippen molar-refractivity contribution in [3.05, 3.63) is 0 Å². The lowest BCUT2D eigenvalue weighted by molar-refractivity contribution is -0.279. The van der Waals surface area contributed by atoms with Crippen molar-refractivity contribution in [2.24, 2.45) is 5.92 Å². The van der Waals surface area contributed by atoms with Crippen molar-refractivity contribution in [3.63, 3.8) is 0 Å². The molecule has 1 saturated carbocycles. The van der Waals surface area contributed by atoms with Crippen molar-refractivity contribution in [2.75, 3.05) is 98.9 Å². The quantitative estimate of drug-likeness (QED) is 0.0157. The van der Waals surface area contributed by atoms with Crippen molar-refractivity contribution in [2.45, 2.75) is 245 Å². The molecule has 4 rings (SSSR count). The molecule has 0 aromatic heterocycles. The molecule has 0 unspecified atom stereocenters. The van der Waals surface area contributed by atoms with E-state index in [1.807, 2.05) is 0 Å². The molecule has 0 radical (unpaired) electrons. The van der Waals surface area contributed by atoms with Crippen LogP contribution in [0.3, 0.4) is 0 Å². The molecule has 44 nitrogen and oxygen atoms in total. The fourth-order valence-corrected chi connectivity index (χ4v) is 12.3. The molecule has 17 atom stereocenters. The second kappa shape index (κ2) is 51.5. The van der Waals surface area contributed by atoms with Crippen LogP contribution in [0, 0.1) is 5.92 Å². The Morgan fingerprint density at radius 1 is 0.348 bits per heavy atom. The van der Waals surface area contributed by atoms with E-state index < -0.39 is 243 Å². The van der Waals surface area contributed by atoms with E-state index in [9.17, 15) is 86.6 Å². The van der Waals surface area contributed by atoms with Gasteiger partial charge in [0.2, 0.25) is 47.3 Å². The molecule has 3 heterocycles. The molecular weight excluding hydrogens is 1540 g/mol. The summed E-state index contributed by atoms with van der Waals surface area (Å²) in [6.45, 7) is 9.67. The van der Waals surface area contributed by atoms with E-state index in [1.54, 1.807) is 0 Å². The number of amides is 8. The molecule has 650 valence electrons. The first-order chi connectivity index (χ1) is 54.4. The van der Waals surface area contributed by atoms with Crippen LogP contribution < -0.4 is 42.5 Å². The van der Waals surface area contributed by atoms with Crippen molar-refractivity contribution in [3.8, 4) is 0 Å². The molecule has 115 heavy (non-hydrogen) atoms. The summed E-state index contributed by atoms with van der Waals surface area (Å²) in [7, 11) is 0. The van der Waals surface area contributed by atoms with Crippen molar-refractivity contribution in [1.29, 1.82) is 0 Å². The fraction of sp³-hybridized carbons (Fsp3) is 0.761. The maximum absolute atomic E-state index is 14.0. The first kappa shape index (κ1) is 98.0. The molecule has 44 heteroatoms. The Bertz CT molecular complexity index is 3270. The van der Waals surface area contributed by atoms with Gasteiger partial charge in [-0.15, -0.1) is 0 Å². The van der Waals surface area contributed by atoms with Gasteiger partial charge >= 0.3 is 53.7 Å². The lowest BCUT2D eigenvalue weighted by Gasteiger charge is -2.44. The predicted molar refractivity (Wildman–Crippen MR) is 382 cm³/mol. The van der Waals surface area contributed by atoms with Gasteiger partial charge in [0.05, 0.1) is 65.6 Å². The van der Waals surface area contributed by atoms with Crippen LogP contribution in [0.5, 0.6) is 0 Å². The standard InChI is InChI=1S/C71H110N8O36/c1-36(80)75-57-63(110-45(10)89)60(107-42(7)86)52(33-104-39(4)83)113-69(57)101-30-27-98-24-21-72-55(93)19-17-50(67(96)73-22-25-99-28-31-102-70-58(76-37(2)81)64(111-46(11)90)61(108-43(8)87)53(114-70)34-105-40(5)84)78-56(94)20-18-51(79-66(95)48-13-15-49(92)16-14-48)68(97)74-23-26-100-29-32-103-71-59(77-38(3)82)65(112-47(12)91)62(109-44(9)88)54(115-71)35-106-41(6)85/h48-54,57-65,69-71,92H,13-35H2,1-12H3,(H,72,93)(H,73,96)(H,74,97)(H,75,80)(H,76,81)(H,77,82)(H,78,94)(H,79,95)/t48?,49?,50-,51-,52+,53+,54+,57+,58+,59+,60-,61-,62-,63+,64+,65+,69+,70+,71+/m0/s1. The molecule has 0 spiro atoms. The van der Waals surface area contributed by atoms with Gasteiger partial charge in [-0.2, -0.15) is 0 Å². The average molecular weight is 1650 g/mol. The number of ether oxygens (including phenoxy) is 18. The minimum atomic E-state index is -1.43. The highest BCUT2D eigenvalue weighted by Gasteiger charge is 2.54. The van der Waals surface area contributed by atoms with E-state index in [2.05, 4.69) is 42.5 Å². The molecule has 4 aliphatic rings. The zero-order valence-electron chi connectivity index (χ0n) is 66.5. The van der Waals surface area contributed by atoms with Gasteiger partial charge in [-0.1, -0.05) is 0 Å². The van der Waals surface area contributed by atoms with E-state index in [4.69, 9.17) is 85.3 Å². The smallest absolute Gasteiger partial charge is 0.303 e. The summed E-state index contributed by atoms with van der Waals surface area (Å²) in [6, 6.07) is -6.59. The molecule has 0 aromatic carbocycles. The van der Waals surface area contributed by atoms with Crippen LogP contribution in [0.2, 0.25) is 0 Å². The summed E-state index contributed by atoms with van der Waals surface area (Å²) >= 11 is 0. The Balaban J connectivity index is 1.45. The number of aliphatic hydroxyl groups is 1. The minimum absolute atomic E-state index is 0.101. The Morgan fingerprint density at radius 2 is 0.643 bits per heavy atom. The summed E-state index contributed by atoms with van der Waals surface area (Å²) in [5, 5.41) is 31.1. The van der Waals surface area contributed by atoms with Gasteiger partial charge in [0.25, 0.3) is 0 Å². The molecule has 8 amide bonds. The highest BCUT2D eigenvalue weighted by Crippen LogP contribution is 2.32. The fourth-order valence-electron chi connectivity index (χ4n) is 12.3. The zero-order valence-corrected chi connectivity index (χ0v) is 66.5. The summed E-state index contributed by atoms with van der Waals surface area (Å²) in [6.07, 6.45) is -17.2. The van der Waals surface area contributed by atoms with E-state index in [1.165, 1.54) is 13.8 Å². The number of nitrogens with one attached hydrogen (secondary N) is 8. The molecule has 4 fully saturated rings. The summed E-state index contributed by atoms with van der Waals surface area (Å²) in [4.78, 5) is 215. The highest BCUT2D eigenvalue weighted by atomic mass is 16.7. The minimum Gasteiger partial charge on any atom is -0.463 e. The largest absolute Gasteiger partial charge is 0.463 e. The first-order valence-corrected chi connectivity index (χ1v) is 37.3. The number of aliphatic hydroxyl groups excluding tert-OH is 1. The van der Waals surface area contributed by atoms with Crippen molar-refractivity contribution < 1.29 is 172 Å². The van der Waals surface area contributed by atoms with E-state index in [0.717, 1.165) is 69.2 Å². The Labute approximate surface area is 662 Å². The van der Waals surface area contributed by atoms with Gasteiger partial charge in [0.1, 0.15) is 68.3 Å². The first-order valence-electron chi connectivity index (χ1n) is 37.3. The third-order valence-electron chi connectivity index (χ3n) is 17.1. The lowest BCUT2D eigenvalue weighted by atomic mass is 9.86. The molecule has 3 aliphatic heterocycles. The molecule has 9 N–H and O–H groups in total. The zero-order chi connectivity index (χ0) is 85.4. The van der Waals surface area contributed by atoms with Gasteiger partial charge in [-0.05, 0) is 38.5 Å². The van der Waals surface area contributed by atoms with Crippen molar-refractivity contribution >= 4 is 101 Å². The number of esters is 9. The van der Waals surface area contributed by atoms with Gasteiger partial charge in [-0.25, -0.2) is 0 Å². The van der Waals surface area contributed by atoms with E-state index in [-0.39, 0.29) is 98.4 Å². The van der Waals surface area contributed by atoms with Crippen LogP contribution in [0.15, 0.2) is 0 Å². The highest BCUT2D eigenvalue weighted by molar-refractivity contribution is 5.91. The van der Waals surface area contributed by atoms with Gasteiger partial charge in [0, 0.05) is 121 Å². The molecular formula is C71H110N8O36. The second-order valence-corrected chi connectivity index (χ2v) is 26.8. The number of carbonyl (C=O) groups is 17. The average Bonchev–Trinajstić information content (AvgIpc) is 0.797. The number of rotatable bonds is 47. The Kier molecular flexibility index (Phi) is 43.9. The molecule has 1 aliphatic carbocycles. The van der Waals surface area contributed by atoms with Gasteiger partial charge < -0.3 is 133 Å². The number of hydrogen-bond acceptors (Lipinski definition) is 36. The van der Waals surface area contributed by atoms with Crippen LogP contribution in [0.1, 0.15) is 134 Å². The van der Waals surface area contributed by atoms with Crippen LogP contribution >= 0.6 is 0 Å².